The molecule has 0 radical (unpaired) electrons. The first-order chi connectivity index (χ1) is 12.6. The van der Waals surface area contributed by atoms with Gasteiger partial charge in [0.2, 0.25) is 5.91 Å². The fourth-order valence-electron chi connectivity index (χ4n) is 3.57. The van der Waals surface area contributed by atoms with Crippen LogP contribution in [0.15, 0.2) is 47.5 Å². The molecule has 6 heteroatoms. The summed E-state index contributed by atoms with van der Waals surface area (Å²) >= 11 is 0. The molecule has 1 amide bonds. The summed E-state index contributed by atoms with van der Waals surface area (Å²) in [6.45, 7) is 3.39. The van der Waals surface area contributed by atoms with Crippen LogP contribution in [0.25, 0.3) is 0 Å². The van der Waals surface area contributed by atoms with Crippen LogP contribution in [0.1, 0.15) is 17.5 Å². The summed E-state index contributed by atoms with van der Waals surface area (Å²) in [5.41, 5.74) is 2.22. The molecule has 0 bridgehead atoms. The molecule has 0 spiro atoms. The Morgan fingerprint density at radius 2 is 2.12 bits per heavy atom. The topological polar surface area (TPSA) is 64.4 Å². The number of methoxy groups -OCH3 is 1. The van der Waals surface area contributed by atoms with E-state index in [2.05, 4.69) is 30.1 Å². The minimum absolute atomic E-state index is 0.00192. The molecule has 0 N–H and O–H groups in total. The number of likely N-dealkylation sites (tertiary alicyclic amines) is 1. The summed E-state index contributed by atoms with van der Waals surface area (Å²) < 4.78 is 7.03. The van der Waals surface area contributed by atoms with E-state index in [4.69, 9.17) is 4.74 Å². The average molecular weight is 355 g/mol. The van der Waals surface area contributed by atoms with Crippen LogP contribution in [-0.2, 0) is 22.5 Å². The number of ether oxygens (including phenoxy) is 1. The van der Waals surface area contributed by atoms with Gasteiger partial charge in [-0.05, 0) is 42.9 Å². The second-order valence-electron chi connectivity index (χ2n) is 6.82. The summed E-state index contributed by atoms with van der Waals surface area (Å²) in [5, 5.41) is 0. The fourth-order valence-corrected chi connectivity index (χ4v) is 3.57. The van der Waals surface area contributed by atoms with Gasteiger partial charge in [0, 0.05) is 32.6 Å². The van der Waals surface area contributed by atoms with Crippen LogP contribution < -0.4 is 5.69 Å². The summed E-state index contributed by atoms with van der Waals surface area (Å²) in [6.07, 6.45) is 4.86. The number of carbonyl (C=O) groups excluding carboxylic acids is 1. The summed E-state index contributed by atoms with van der Waals surface area (Å²) in [4.78, 5) is 29.8. The van der Waals surface area contributed by atoms with Crippen molar-refractivity contribution in [2.45, 2.75) is 32.4 Å². The van der Waals surface area contributed by atoms with Gasteiger partial charge in [-0.25, -0.2) is 9.78 Å². The lowest BCUT2D eigenvalue weighted by molar-refractivity contribution is -0.137. The van der Waals surface area contributed by atoms with E-state index in [1.54, 1.807) is 24.3 Å². The van der Waals surface area contributed by atoms with Gasteiger partial charge in [0.1, 0.15) is 6.54 Å². The van der Waals surface area contributed by atoms with Gasteiger partial charge in [0.05, 0.1) is 6.10 Å². The third-order valence-corrected chi connectivity index (χ3v) is 5.18. The molecule has 3 rings (SSSR count). The van der Waals surface area contributed by atoms with E-state index in [0.717, 1.165) is 12.8 Å². The molecule has 1 saturated heterocycles. The number of amides is 1. The predicted octanol–water partition coefficient (Wildman–Crippen LogP) is 1.66. The molecule has 1 aromatic carbocycles. The Balaban J connectivity index is 1.64. The maximum atomic E-state index is 12.6. The van der Waals surface area contributed by atoms with Crippen molar-refractivity contribution in [3.8, 4) is 0 Å². The zero-order chi connectivity index (χ0) is 18.5. The lowest BCUT2D eigenvalue weighted by Crippen LogP contribution is -2.49. The highest BCUT2D eigenvalue weighted by molar-refractivity contribution is 5.76. The van der Waals surface area contributed by atoms with E-state index in [1.165, 1.54) is 21.9 Å². The van der Waals surface area contributed by atoms with Crippen molar-refractivity contribution in [3.63, 3.8) is 0 Å². The first kappa shape index (κ1) is 18.3. The maximum Gasteiger partial charge on any atom is 0.347 e. The predicted molar refractivity (Wildman–Crippen MR) is 98.9 cm³/mol. The van der Waals surface area contributed by atoms with Crippen LogP contribution in [-0.4, -0.2) is 46.7 Å². The Bertz CT molecular complexity index is 818. The van der Waals surface area contributed by atoms with Crippen LogP contribution in [0.4, 0.5) is 0 Å². The zero-order valence-corrected chi connectivity index (χ0v) is 15.3. The Hall–Kier alpha value is -2.47. The number of aryl methyl sites for hydroxylation is 1. The van der Waals surface area contributed by atoms with E-state index >= 15 is 0 Å². The number of piperidine rings is 1. The number of hydrogen-bond acceptors (Lipinski definition) is 4. The van der Waals surface area contributed by atoms with Gasteiger partial charge >= 0.3 is 5.69 Å². The van der Waals surface area contributed by atoms with E-state index in [1.807, 2.05) is 6.07 Å². The molecule has 0 saturated carbocycles. The zero-order valence-electron chi connectivity index (χ0n) is 15.3. The molecule has 138 valence electrons. The number of carbonyl (C=O) groups is 1. The molecule has 2 aromatic rings. The van der Waals surface area contributed by atoms with E-state index < -0.39 is 5.69 Å². The summed E-state index contributed by atoms with van der Waals surface area (Å²) in [6, 6.07) is 10.1. The quantitative estimate of drug-likeness (QED) is 0.818. The van der Waals surface area contributed by atoms with Crippen molar-refractivity contribution in [2.75, 3.05) is 20.2 Å². The second-order valence-corrected chi connectivity index (χ2v) is 6.82. The van der Waals surface area contributed by atoms with E-state index in [-0.39, 0.29) is 18.6 Å². The van der Waals surface area contributed by atoms with Gasteiger partial charge in [0.15, 0.2) is 0 Å². The number of benzene rings is 1. The highest BCUT2D eigenvalue weighted by Gasteiger charge is 2.31. The Morgan fingerprint density at radius 1 is 1.31 bits per heavy atom. The fraction of sp³-hybridized carbons (Fsp3) is 0.450. The lowest BCUT2D eigenvalue weighted by atomic mass is 9.86. The first-order valence-electron chi connectivity index (χ1n) is 8.95. The lowest BCUT2D eigenvalue weighted by Gasteiger charge is -2.38. The molecule has 0 aliphatic carbocycles. The van der Waals surface area contributed by atoms with Gasteiger partial charge in [-0.15, -0.1) is 0 Å². The number of nitrogens with zero attached hydrogens (tertiary/aromatic N) is 3. The molecule has 1 fully saturated rings. The molecule has 1 aliphatic rings. The minimum Gasteiger partial charge on any atom is -0.379 e. The molecule has 1 aliphatic heterocycles. The standard InChI is InChI=1S/C20H25N3O3/c1-15-6-3-4-7-16(15)12-17-8-11-22(13-18(17)26-2)19(24)14-23-10-5-9-21-20(23)25/h3-7,9-10,17-18H,8,11-14H2,1-2H3/t17-,18+/m1/s1. The van der Waals surface area contributed by atoms with Crippen LogP contribution in [0, 0.1) is 12.8 Å². The van der Waals surface area contributed by atoms with Gasteiger partial charge < -0.3 is 9.64 Å². The largest absolute Gasteiger partial charge is 0.379 e. The normalized spacial score (nSPS) is 20.2. The highest BCUT2D eigenvalue weighted by atomic mass is 16.5. The molecule has 26 heavy (non-hydrogen) atoms. The Labute approximate surface area is 153 Å². The Kier molecular flexibility index (Phi) is 5.83. The molecular weight excluding hydrogens is 330 g/mol. The van der Waals surface area contributed by atoms with Crippen molar-refractivity contribution in [1.29, 1.82) is 0 Å². The smallest absolute Gasteiger partial charge is 0.347 e. The second kappa shape index (κ2) is 8.27. The van der Waals surface area contributed by atoms with Gasteiger partial charge in [0.25, 0.3) is 0 Å². The monoisotopic (exact) mass is 355 g/mol. The molecule has 2 heterocycles. The van der Waals surface area contributed by atoms with Crippen LogP contribution in [0.3, 0.4) is 0 Å². The summed E-state index contributed by atoms with van der Waals surface area (Å²) in [7, 11) is 1.70. The molecule has 6 nitrogen and oxygen atoms in total. The number of rotatable bonds is 5. The highest BCUT2D eigenvalue weighted by Crippen LogP contribution is 2.25. The van der Waals surface area contributed by atoms with E-state index in [9.17, 15) is 9.59 Å². The summed E-state index contributed by atoms with van der Waals surface area (Å²) in [5.74, 6) is 0.308. The minimum atomic E-state index is -0.404. The van der Waals surface area contributed by atoms with Crippen LogP contribution in [0.2, 0.25) is 0 Å². The third-order valence-electron chi connectivity index (χ3n) is 5.18. The van der Waals surface area contributed by atoms with Gasteiger partial charge in [-0.3, -0.25) is 9.36 Å². The van der Waals surface area contributed by atoms with Crippen molar-refractivity contribution in [3.05, 3.63) is 64.3 Å². The SMILES string of the molecule is CO[C@H]1CN(C(=O)Cn2cccnc2=O)CC[C@@H]1Cc1ccccc1C. The first-order valence-corrected chi connectivity index (χ1v) is 8.95. The molecule has 2 atom stereocenters. The number of aromatic nitrogens is 2. The van der Waals surface area contributed by atoms with Crippen molar-refractivity contribution >= 4 is 5.91 Å². The van der Waals surface area contributed by atoms with Crippen molar-refractivity contribution in [1.82, 2.24) is 14.5 Å². The van der Waals surface area contributed by atoms with E-state index in [0.29, 0.717) is 19.0 Å². The molecular formula is C20H25N3O3. The number of hydrogen-bond donors (Lipinski definition) is 0. The average Bonchev–Trinajstić information content (AvgIpc) is 2.65. The molecule has 1 aromatic heterocycles. The van der Waals surface area contributed by atoms with Crippen LogP contribution in [0.5, 0.6) is 0 Å². The van der Waals surface area contributed by atoms with Crippen LogP contribution >= 0.6 is 0 Å². The van der Waals surface area contributed by atoms with Gasteiger partial charge in [-0.2, -0.15) is 0 Å². The van der Waals surface area contributed by atoms with Crippen molar-refractivity contribution in [2.24, 2.45) is 5.92 Å². The van der Waals surface area contributed by atoms with Crippen molar-refractivity contribution < 1.29 is 9.53 Å². The van der Waals surface area contributed by atoms with Gasteiger partial charge in [-0.1, -0.05) is 24.3 Å². The Morgan fingerprint density at radius 3 is 2.85 bits per heavy atom. The maximum absolute atomic E-state index is 12.6. The molecule has 0 unspecified atom stereocenters. The third kappa shape index (κ3) is 4.19.